The molecule has 1 heterocycles. The second-order valence-electron chi connectivity index (χ2n) is 3.85. The van der Waals surface area contributed by atoms with Gasteiger partial charge in [-0.15, -0.1) is 0 Å². The molecule has 5 nitrogen and oxygen atoms in total. The van der Waals surface area contributed by atoms with E-state index in [1.807, 2.05) is 0 Å². The Balaban J connectivity index is 1.83. The van der Waals surface area contributed by atoms with Gasteiger partial charge < -0.3 is 11.1 Å². The number of nitrogens with one attached hydrogen (secondary N) is 2. The van der Waals surface area contributed by atoms with Crippen molar-refractivity contribution in [2.24, 2.45) is 11.8 Å². The Morgan fingerprint density at radius 1 is 1.86 bits per heavy atom. The van der Waals surface area contributed by atoms with Crippen molar-refractivity contribution < 1.29 is 4.79 Å². The van der Waals surface area contributed by atoms with Crippen LogP contribution in [0.1, 0.15) is 18.9 Å². The first kappa shape index (κ1) is 9.05. The minimum absolute atomic E-state index is 0.123. The SMILES string of the molecule is CC1CC1C(=O)NCc1cn[nH]c1N. The van der Waals surface area contributed by atoms with Gasteiger partial charge in [-0.1, -0.05) is 6.92 Å². The number of nitrogens with zero attached hydrogens (tertiary/aromatic N) is 1. The highest BCUT2D eigenvalue weighted by molar-refractivity contribution is 5.81. The molecule has 14 heavy (non-hydrogen) atoms. The number of aromatic nitrogens is 2. The molecule has 0 radical (unpaired) electrons. The van der Waals surface area contributed by atoms with Gasteiger partial charge in [0.15, 0.2) is 0 Å². The average molecular weight is 194 g/mol. The maximum Gasteiger partial charge on any atom is 0.223 e. The molecule has 0 saturated heterocycles. The summed E-state index contributed by atoms with van der Waals surface area (Å²) in [6.07, 6.45) is 2.64. The van der Waals surface area contributed by atoms with Gasteiger partial charge in [-0.2, -0.15) is 5.10 Å². The Morgan fingerprint density at radius 3 is 3.07 bits per heavy atom. The standard InChI is InChI=1S/C9H14N4O/c1-5-2-7(5)9(14)11-3-6-4-12-13-8(6)10/h4-5,7H,2-3H2,1H3,(H,11,14)(H3,10,12,13). The summed E-state index contributed by atoms with van der Waals surface area (Å²) in [6.45, 7) is 2.54. The molecule has 0 aromatic carbocycles. The molecular weight excluding hydrogens is 180 g/mol. The Bertz CT molecular complexity index is 346. The molecule has 1 amide bonds. The van der Waals surface area contributed by atoms with E-state index >= 15 is 0 Å². The number of amides is 1. The molecule has 2 rings (SSSR count). The van der Waals surface area contributed by atoms with E-state index < -0.39 is 0 Å². The van der Waals surface area contributed by atoms with E-state index in [2.05, 4.69) is 22.4 Å². The van der Waals surface area contributed by atoms with E-state index in [4.69, 9.17) is 5.73 Å². The number of aromatic amines is 1. The fourth-order valence-corrected chi connectivity index (χ4v) is 1.46. The van der Waals surface area contributed by atoms with Crippen LogP contribution in [-0.4, -0.2) is 16.1 Å². The van der Waals surface area contributed by atoms with Gasteiger partial charge in [-0.05, 0) is 12.3 Å². The minimum Gasteiger partial charge on any atom is -0.384 e. The van der Waals surface area contributed by atoms with Gasteiger partial charge in [0, 0.05) is 18.0 Å². The highest BCUT2D eigenvalue weighted by Crippen LogP contribution is 2.37. The molecule has 1 saturated carbocycles. The second-order valence-corrected chi connectivity index (χ2v) is 3.85. The summed E-state index contributed by atoms with van der Waals surface area (Å²) in [5, 5.41) is 9.24. The Hall–Kier alpha value is -1.52. The predicted molar refractivity (Wildman–Crippen MR) is 52.1 cm³/mol. The minimum atomic E-state index is 0.123. The number of nitrogen functional groups attached to an aromatic ring is 1. The van der Waals surface area contributed by atoms with Crippen molar-refractivity contribution >= 4 is 11.7 Å². The smallest absolute Gasteiger partial charge is 0.223 e. The normalized spacial score (nSPS) is 24.6. The summed E-state index contributed by atoms with van der Waals surface area (Å²) in [5.41, 5.74) is 6.42. The van der Waals surface area contributed by atoms with Crippen LogP contribution < -0.4 is 11.1 Å². The van der Waals surface area contributed by atoms with E-state index in [1.54, 1.807) is 6.20 Å². The van der Waals surface area contributed by atoms with Crippen molar-refractivity contribution in [1.82, 2.24) is 15.5 Å². The molecule has 0 bridgehead atoms. The van der Waals surface area contributed by atoms with Crippen molar-refractivity contribution in [3.05, 3.63) is 11.8 Å². The number of H-pyrrole nitrogens is 1. The van der Waals surface area contributed by atoms with Gasteiger partial charge in [0.2, 0.25) is 5.91 Å². The lowest BCUT2D eigenvalue weighted by Crippen LogP contribution is -2.25. The molecule has 1 aromatic heterocycles. The van der Waals surface area contributed by atoms with Crippen molar-refractivity contribution in [2.75, 3.05) is 5.73 Å². The van der Waals surface area contributed by atoms with Gasteiger partial charge in [-0.25, -0.2) is 0 Å². The monoisotopic (exact) mass is 194 g/mol. The van der Waals surface area contributed by atoms with Crippen molar-refractivity contribution in [2.45, 2.75) is 19.9 Å². The third kappa shape index (κ3) is 1.71. The quantitative estimate of drug-likeness (QED) is 0.645. The van der Waals surface area contributed by atoms with Crippen LogP contribution in [0.4, 0.5) is 5.82 Å². The maximum absolute atomic E-state index is 11.4. The van der Waals surface area contributed by atoms with Crippen molar-refractivity contribution in [3.63, 3.8) is 0 Å². The fraction of sp³-hybridized carbons (Fsp3) is 0.556. The first-order valence-corrected chi connectivity index (χ1v) is 4.74. The van der Waals surface area contributed by atoms with E-state index in [1.165, 1.54) is 0 Å². The van der Waals surface area contributed by atoms with Crippen LogP contribution in [-0.2, 0) is 11.3 Å². The van der Waals surface area contributed by atoms with Gasteiger partial charge in [-0.3, -0.25) is 9.89 Å². The lowest BCUT2D eigenvalue weighted by Gasteiger charge is -2.02. The van der Waals surface area contributed by atoms with E-state index in [9.17, 15) is 4.79 Å². The Labute approximate surface area is 82.1 Å². The van der Waals surface area contributed by atoms with Crippen LogP contribution >= 0.6 is 0 Å². The van der Waals surface area contributed by atoms with Gasteiger partial charge in [0.05, 0.1) is 6.20 Å². The van der Waals surface area contributed by atoms with Crippen LogP contribution in [0.15, 0.2) is 6.20 Å². The number of hydrogen-bond acceptors (Lipinski definition) is 3. The van der Waals surface area contributed by atoms with Crippen LogP contribution in [0.5, 0.6) is 0 Å². The lowest BCUT2D eigenvalue weighted by molar-refractivity contribution is -0.122. The molecule has 0 spiro atoms. The summed E-state index contributed by atoms with van der Waals surface area (Å²) in [6, 6.07) is 0. The molecule has 2 unspecified atom stereocenters. The number of carbonyl (C=O) groups excluding carboxylic acids is 1. The lowest BCUT2D eigenvalue weighted by atomic mass is 10.3. The first-order chi connectivity index (χ1) is 6.68. The molecule has 76 valence electrons. The Kier molecular flexibility index (Phi) is 2.15. The van der Waals surface area contributed by atoms with Crippen LogP contribution in [0.3, 0.4) is 0 Å². The summed E-state index contributed by atoms with van der Waals surface area (Å²) in [4.78, 5) is 11.4. The number of nitrogens with two attached hydrogens (primary N) is 1. The molecule has 1 aliphatic rings. The van der Waals surface area contributed by atoms with Crippen LogP contribution in [0.2, 0.25) is 0 Å². The number of carbonyl (C=O) groups is 1. The summed E-state index contributed by atoms with van der Waals surface area (Å²) in [7, 11) is 0. The van der Waals surface area contributed by atoms with E-state index in [-0.39, 0.29) is 11.8 Å². The van der Waals surface area contributed by atoms with Crippen molar-refractivity contribution in [1.29, 1.82) is 0 Å². The molecule has 2 atom stereocenters. The molecule has 1 aliphatic carbocycles. The van der Waals surface area contributed by atoms with Crippen LogP contribution in [0, 0.1) is 11.8 Å². The fourth-order valence-electron chi connectivity index (χ4n) is 1.46. The van der Waals surface area contributed by atoms with E-state index in [0.29, 0.717) is 18.3 Å². The highest BCUT2D eigenvalue weighted by atomic mass is 16.2. The second kappa shape index (κ2) is 3.32. The first-order valence-electron chi connectivity index (χ1n) is 4.74. The average Bonchev–Trinajstić information content (AvgIpc) is 2.74. The topological polar surface area (TPSA) is 83.8 Å². The predicted octanol–water partition coefficient (Wildman–Crippen LogP) is 0.264. The third-order valence-electron chi connectivity index (χ3n) is 2.65. The molecular formula is C9H14N4O. The number of anilines is 1. The Morgan fingerprint density at radius 2 is 2.57 bits per heavy atom. The summed E-state index contributed by atoms with van der Waals surface area (Å²) in [5.74, 6) is 1.40. The zero-order valence-electron chi connectivity index (χ0n) is 8.08. The molecule has 4 N–H and O–H groups in total. The van der Waals surface area contributed by atoms with Crippen molar-refractivity contribution in [3.8, 4) is 0 Å². The third-order valence-corrected chi connectivity index (χ3v) is 2.65. The summed E-state index contributed by atoms with van der Waals surface area (Å²) < 4.78 is 0. The van der Waals surface area contributed by atoms with Gasteiger partial charge >= 0.3 is 0 Å². The van der Waals surface area contributed by atoms with Crippen LogP contribution in [0.25, 0.3) is 0 Å². The summed E-state index contributed by atoms with van der Waals surface area (Å²) >= 11 is 0. The molecule has 0 aliphatic heterocycles. The molecule has 1 aromatic rings. The zero-order valence-corrected chi connectivity index (χ0v) is 8.08. The zero-order chi connectivity index (χ0) is 10.1. The largest absolute Gasteiger partial charge is 0.384 e. The van der Waals surface area contributed by atoms with Gasteiger partial charge in [0.25, 0.3) is 0 Å². The van der Waals surface area contributed by atoms with Gasteiger partial charge in [0.1, 0.15) is 5.82 Å². The van der Waals surface area contributed by atoms with E-state index in [0.717, 1.165) is 12.0 Å². The number of rotatable bonds is 3. The number of hydrogen-bond donors (Lipinski definition) is 3. The molecule has 1 fully saturated rings. The molecule has 5 heteroatoms. The highest BCUT2D eigenvalue weighted by Gasteiger charge is 2.38. The maximum atomic E-state index is 11.4.